The van der Waals surface area contributed by atoms with Crippen LogP contribution in [0.15, 0.2) is 6.20 Å². The standard InChI is InChI=1S/C13H23N3O2S/c1-13(2)5-3-4-10(6-13)14-7-11(17)9-18-12-8-15-19-16-12/h8,10-11,14,17H,3-7,9H2,1-2H3. The quantitative estimate of drug-likeness (QED) is 0.835. The van der Waals surface area contributed by atoms with Crippen LogP contribution in [0, 0.1) is 5.41 Å². The summed E-state index contributed by atoms with van der Waals surface area (Å²) in [5, 5.41) is 13.3. The summed E-state index contributed by atoms with van der Waals surface area (Å²) in [6.07, 6.45) is 6.00. The lowest BCUT2D eigenvalue weighted by molar-refractivity contribution is 0.0948. The van der Waals surface area contributed by atoms with Crippen LogP contribution >= 0.6 is 11.7 Å². The summed E-state index contributed by atoms with van der Waals surface area (Å²) in [5.41, 5.74) is 0.420. The van der Waals surface area contributed by atoms with Crippen molar-refractivity contribution in [2.75, 3.05) is 13.2 Å². The highest BCUT2D eigenvalue weighted by atomic mass is 32.1. The van der Waals surface area contributed by atoms with Gasteiger partial charge < -0.3 is 15.2 Å². The topological polar surface area (TPSA) is 67.3 Å². The van der Waals surface area contributed by atoms with Crippen LogP contribution in [0.1, 0.15) is 39.5 Å². The third kappa shape index (κ3) is 5.04. The van der Waals surface area contributed by atoms with Crippen LogP contribution in [0.2, 0.25) is 0 Å². The SMILES string of the molecule is CC1(C)CCCC(NCC(O)COc2cnsn2)C1. The minimum atomic E-state index is -0.508. The molecule has 1 aromatic heterocycles. The Morgan fingerprint density at radius 2 is 2.47 bits per heavy atom. The monoisotopic (exact) mass is 285 g/mol. The predicted molar refractivity (Wildman–Crippen MR) is 75.5 cm³/mol. The number of hydrogen-bond donors (Lipinski definition) is 2. The first-order valence-corrected chi connectivity index (χ1v) is 7.60. The number of nitrogens with zero attached hydrogens (tertiary/aromatic N) is 2. The third-order valence-electron chi connectivity index (χ3n) is 3.61. The molecular weight excluding hydrogens is 262 g/mol. The van der Waals surface area contributed by atoms with Crippen LogP contribution in [-0.4, -0.2) is 39.2 Å². The zero-order valence-corrected chi connectivity index (χ0v) is 12.4. The van der Waals surface area contributed by atoms with Crippen molar-refractivity contribution in [3.8, 4) is 5.88 Å². The molecule has 2 N–H and O–H groups in total. The molecule has 1 heterocycles. The van der Waals surface area contributed by atoms with Gasteiger partial charge in [0.1, 0.15) is 18.9 Å². The number of ether oxygens (including phenoxy) is 1. The first-order chi connectivity index (χ1) is 9.05. The van der Waals surface area contributed by atoms with E-state index in [4.69, 9.17) is 4.74 Å². The molecule has 1 aromatic rings. The summed E-state index contributed by atoms with van der Waals surface area (Å²) in [4.78, 5) is 0. The van der Waals surface area contributed by atoms with Gasteiger partial charge in [0, 0.05) is 12.6 Å². The third-order valence-corrected chi connectivity index (χ3v) is 4.07. The first kappa shape index (κ1) is 14.7. The van der Waals surface area contributed by atoms with E-state index < -0.39 is 6.10 Å². The molecule has 2 atom stereocenters. The van der Waals surface area contributed by atoms with Crippen LogP contribution in [0.4, 0.5) is 0 Å². The average Bonchev–Trinajstić information content (AvgIpc) is 2.86. The van der Waals surface area contributed by atoms with Crippen molar-refractivity contribution in [1.82, 2.24) is 14.1 Å². The fourth-order valence-corrected chi connectivity index (χ4v) is 3.00. The van der Waals surface area contributed by atoms with Gasteiger partial charge in [-0.25, -0.2) is 0 Å². The van der Waals surface area contributed by atoms with Gasteiger partial charge in [0.25, 0.3) is 0 Å². The molecule has 0 amide bonds. The van der Waals surface area contributed by atoms with Gasteiger partial charge in [0.2, 0.25) is 5.88 Å². The summed E-state index contributed by atoms with van der Waals surface area (Å²) >= 11 is 1.10. The van der Waals surface area contributed by atoms with Crippen LogP contribution in [-0.2, 0) is 0 Å². The van der Waals surface area contributed by atoms with Gasteiger partial charge in [-0.2, -0.15) is 4.37 Å². The molecule has 0 aromatic carbocycles. The minimum absolute atomic E-state index is 0.258. The predicted octanol–water partition coefficient (Wildman–Crippen LogP) is 1.84. The minimum Gasteiger partial charge on any atom is -0.473 e. The van der Waals surface area contributed by atoms with E-state index in [0.717, 1.165) is 11.7 Å². The first-order valence-electron chi connectivity index (χ1n) is 6.87. The van der Waals surface area contributed by atoms with E-state index >= 15 is 0 Å². The van der Waals surface area contributed by atoms with E-state index in [-0.39, 0.29) is 6.61 Å². The Bertz CT molecular complexity index is 370. The normalized spacial score (nSPS) is 24.1. The number of nitrogens with one attached hydrogen (secondary N) is 1. The molecular formula is C13H23N3O2S. The smallest absolute Gasteiger partial charge is 0.245 e. The molecule has 2 rings (SSSR count). The fraction of sp³-hybridized carbons (Fsp3) is 0.846. The number of aromatic nitrogens is 2. The van der Waals surface area contributed by atoms with E-state index in [0.29, 0.717) is 23.9 Å². The van der Waals surface area contributed by atoms with Crippen molar-refractivity contribution in [3.63, 3.8) is 0 Å². The van der Waals surface area contributed by atoms with E-state index in [1.807, 2.05) is 0 Å². The summed E-state index contributed by atoms with van der Waals surface area (Å²) in [5.74, 6) is 0.489. The van der Waals surface area contributed by atoms with Crippen molar-refractivity contribution in [1.29, 1.82) is 0 Å². The summed E-state index contributed by atoms with van der Waals surface area (Å²) in [7, 11) is 0. The largest absolute Gasteiger partial charge is 0.473 e. The van der Waals surface area contributed by atoms with Gasteiger partial charge in [-0.3, -0.25) is 0 Å². The van der Waals surface area contributed by atoms with Gasteiger partial charge in [-0.05, 0) is 24.7 Å². The van der Waals surface area contributed by atoms with E-state index in [1.165, 1.54) is 25.7 Å². The Kier molecular flexibility index (Phi) is 5.13. The Balaban J connectivity index is 1.64. The van der Waals surface area contributed by atoms with Crippen LogP contribution in [0.3, 0.4) is 0 Å². The van der Waals surface area contributed by atoms with Gasteiger partial charge >= 0.3 is 0 Å². The lowest BCUT2D eigenvalue weighted by atomic mass is 9.75. The number of hydrogen-bond acceptors (Lipinski definition) is 6. The van der Waals surface area contributed by atoms with Crippen molar-refractivity contribution < 1.29 is 9.84 Å². The summed E-state index contributed by atoms with van der Waals surface area (Å²) in [6.45, 7) is 5.46. The Morgan fingerprint density at radius 3 is 3.16 bits per heavy atom. The van der Waals surface area contributed by atoms with Crippen molar-refractivity contribution in [2.24, 2.45) is 5.41 Å². The molecule has 0 aliphatic heterocycles. The fourth-order valence-electron chi connectivity index (χ4n) is 2.64. The molecule has 1 saturated carbocycles. The molecule has 0 saturated heterocycles. The molecule has 2 unspecified atom stereocenters. The summed E-state index contributed by atoms with van der Waals surface area (Å²) in [6, 6.07) is 0.513. The number of aliphatic hydroxyl groups excluding tert-OH is 1. The lowest BCUT2D eigenvalue weighted by Crippen LogP contribution is -2.42. The lowest BCUT2D eigenvalue weighted by Gasteiger charge is -2.36. The Hall–Kier alpha value is -0.720. The molecule has 19 heavy (non-hydrogen) atoms. The van der Waals surface area contributed by atoms with E-state index in [9.17, 15) is 5.11 Å². The molecule has 1 aliphatic rings. The maximum absolute atomic E-state index is 9.88. The van der Waals surface area contributed by atoms with Crippen molar-refractivity contribution in [3.05, 3.63) is 6.20 Å². The molecule has 0 spiro atoms. The molecule has 1 fully saturated rings. The van der Waals surface area contributed by atoms with Crippen molar-refractivity contribution in [2.45, 2.75) is 51.7 Å². The Morgan fingerprint density at radius 1 is 1.63 bits per heavy atom. The second kappa shape index (κ2) is 6.63. The zero-order valence-electron chi connectivity index (χ0n) is 11.6. The van der Waals surface area contributed by atoms with Crippen molar-refractivity contribution >= 4 is 11.7 Å². The maximum Gasteiger partial charge on any atom is 0.245 e. The molecule has 1 aliphatic carbocycles. The highest BCUT2D eigenvalue weighted by Gasteiger charge is 2.27. The maximum atomic E-state index is 9.88. The highest BCUT2D eigenvalue weighted by molar-refractivity contribution is 6.99. The molecule has 108 valence electrons. The van der Waals surface area contributed by atoms with Gasteiger partial charge in [-0.1, -0.05) is 20.3 Å². The van der Waals surface area contributed by atoms with Gasteiger partial charge in [-0.15, -0.1) is 4.37 Å². The van der Waals surface area contributed by atoms with Crippen LogP contribution < -0.4 is 10.1 Å². The molecule has 6 heteroatoms. The highest BCUT2D eigenvalue weighted by Crippen LogP contribution is 2.34. The number of aliphatic hydroxyl groups is 1. The van der Waals surface area contributed by atoms with E-state index in [2.05, 4.69) is 27.9 Å². The van der Waals surface area contributed by atoms with Crippen LogP contribution in [0.25, 0.3) is 0 Å². The molecule has 5 nitrogen and oxygen atoms in total. The molecule has 0 radical (unpaired) electrons. The molecule has 0 bridgehead atoms. The number of rotatable bonds is 6. The summed E-state index contributed by atoms with van der Waals surface area (Å²) < 4.78 is 13.1. The van der Waals surface area contributed by atoms with Gasteiger partial charge in [0.05, 0.1) is 11.7 Å². The van der Waals surface area contributed by atoms with Gasteiger partial charge in [0.15, 0.2) is 0 Å². The average molecular weight is 285 g/mol. The van der Waals surface area contributed by atoms with E-state index in [1.54, 1.807) is 6.20 Å². The van der Waals surface area contributed by atoms with Crippen LogP contribution in [0.5, 0.6) is 5.88 Å². The Labute approximate surface area is 118 Å². The zero-order chi connectivity index (χ0) is 13.7. The second-order valence-electron chi connectivity index (χ2n) is 6.08. The second-order valence-corrected chi connectivity index (χ2v) is 6.63.